The summed E-state index contributed by atoms with van der Waals surface area (Å²) in [7, 11) is 0. The number of aryl methyl sites for hydroxylation is 1. The molecule has 31 heavy (non-hydrogen) atoms. The number of carbonyl (C=O) groups is 1. The van der Waals surface area contributed by atoms with Crippen LogP contribution in [0, 0.1) is 30.1 Å². The molecular weight excluding hydrogens is 388 g/mol. The van der Waals surface area contributed by atoms with Crippen molar-refractivity contribution in [3.8, 4) is 0 Å². The van der Waals surface area contributed by atoms with Crippen LogP contribution >= 0.6 is 0 Å². The smallest absolute Gasteiger partial charge is 0.311 e. The van der Waals surface area contributed by atoms with E-state index < -0.39 is 6.10 Å². The Labute approximate surface area is 186 Å². The number of allylic oxidation sites excluding steroid dienone is 1. The summed E-state index contributed by atoms with van der Waals surface area (Å²) in [6.45, 7) is 11.1. The van der Waals surface area contributed by atoms with Gasteiger partial charge in [0.15, 0.2) is 0 Å². The average molecular weight is 425 g/mol. The lowest BCUT2D eigenvalue weighted by atomic mass is 9.55. The summed E-state index contributed by atoms with van der Waals surface area (Å²) in [6, 6.07) is 8.67. The van der Waals surface area contributed by atoms with Crippen LogP contribution in [0.4, 0.5) is 5.69 Å². The molecule has 6 atom stereocenters. The van der Waals surface area contributed by atoms with Crippen LogP contribution in [0.1, 0.15) is 38.7 Å². The predicted octanol–water partition coefficient (Wildman–Crippen LogP) is 3.40. The van der Waals surface area contributed by atoms with Crippen molar-refractivity contribution in [2.24, 2.45) is 23.2 Å². The molecule has 1 aromatic rings. The number of hydrogen-bond donors (Lipinski definition) is 1. The molecule has 2 aliphatic carbocycles. The molecule has 0 unspecified atom stereocenters. The van der Waals surface area contributed by atoms with Gasteiger partial charge in [0, 0.05) is 56.2 Å². The van der Waals surface area contributed by atoms with Crippen LogP contribution in [-0.2, 0) is 9.53 Å². The fourth-order valence-electron chi connectivity index (χ4n) is 6.57. The van der Waals surface area contributed by atoms with E-state index in [1.165, 1.54) is 16.8 Å². The Hall–Kier alpha value is -1.85. The fourth-order valence-corrected chi connectivity index (χ4v) is 6.57. The molecule has 168 valence electrons. The first-order valence-electron chi connectivity index (χ1n) is 12.0. The van der Waals surface area contributed by atoms with Crippen molar-refractivity contribution in [2.75, 3.05) is 37.6 Å². The van der Waals surface area contributed by atoms with Crippen LogP contribution in [0.3, 0.4) is 0 Å². The number of anilines is 1. The van der Waals surface area contributed by atoms with Crippen LogP contribution in [-0.4, -0.2) is 60.9 Å². The van der Waals surface area contributed by atoms with Gasteiger partial charge in [0.2, 0.25) is 0 Å². The van der Waals surface area contributed by atoms with Gasteiger partial charge in [-0.15, -0.1) is 0 Å². The van der Waals surface area contributed by atoms with Crippen molar-refractivity contribution in [1.29, 1.82) is 0 Å². The van der Waals surface area contributed by atoms with Gasteiger partial charge in [-0.2, -0.15) is 0 Å². The number of carbonyl (C=O) groups excluding carboxylic acids is 1. The number of benzene rings is 1. The SMILES string of the molecule is Cc1cccc(N2CCN(C[C@H]3C(=O)O[C@@H]4CC5=CCC[C@H](C)[C@@]5(C)[C@@H](O)[C@H]43)CC2)c1. The second kappa shape index (κ2) is 7.93. The van der Waals surface area contributed by atoms with Gasteiger partial charge in [-0.05, 0) is 43.4 Å². The Morgan fingerprint density at radius 1 is 1.23 bits per heavy atom. The molecule has 5 heteroatoms. The summed E-state index contributed by atoms with van der Waals surface area (Å²) in [4.78, 5) is 17.7. The number of rotatable bonds is 3. The predicted molar refractivity (Wildman–Crippen MR) is 122 cm³/mol. The highest BCUT2D eigenvalue weighted by molar-refractivity contribution is 5.76. The lowest BCUT2D eigenvalue weighted by molar-refractivity contribution is -0.145. The molecule has 2 heterocycles. The number of piperazine rings is 1. The largest absolute Gasteiger partial charge is 0.461 e. The molecule has 0 spiro atoms. The highest BCUT2D eigenvalue weighted by Gasteiger charge is 2.59. The van der Waals surface area contributed by atoms with Gasteiger partial charge in [-0.25, -0.2) is 0 Å². The van der Waals surface area contributed by atoms with E-state index in [0.29, 0.717) is 12.5 Å². The third-order valence-electron chi connectivity index (χ3n) is 8.76. The average Bonchev–Trinajstić information content (AvgIpc) is 3.06. The number of fused-ring (bicyclic) bond motifs is 2. The Balaban J connectivity index is 1.28. The van der Waals surface area contributed by atoms with E-state index >= 15 is 0 Å². The molecule has 3 fully saturated rings. The first-order valence-corrected chi connectivity index (χ1v) is 12.0. The number of aliphatic hydroxyl groups excluding tert-OH is 1. The molecule has 0 bridgehead atoms. The number of nitrogens with zero attached hydrogens (tertiary/aromatic N) is 2. The first-order chi connectivity index (χ1) is 14.9. The maximum absolute atomic E-state index is 12.9. The molecule has 1 N–H and O–H groups in total. The summed E-state index contributed by atoms with van der Waals surface area (Å²) in [5.41, 5.74) is 3.64. The van der Waals surface area contributed by atoms with E-state index in [1.54, 1.807) is 0 Å². The van der Waals surface area contributed by atoms with Crippen molar-refractivity contribution < 1.29 is 14.6 Å². The minimum Gasteiger partial charge on any atom is -0.461 e. The van der Waals surface area contributed by atoms with Gasteiger partial charge in [-0.1, -0.05) is 37.6 Å². The molecule has 2 aliphatic heterocycles. The summed E-state index contributed by atoms with van der Waals surface area (Å²) < 4.78 is 5.85. The number of esters is 1. The number of ether oxygens (including phenoxy) is 1. The van der Waals surface area contributed by atoms with E-state index in [0.717, 1.165) is 45.4 Å². The van der Waals surface area contributed by atoms with Crippen molar-refractivity contribution in [3.63, 3.8) is 0 Å². The summed E-state index contributed by atoms with van der Waals surface area (Å²) in [5, 5.41) is 11.5. The van der Waals surface area contributed by atoms with Gasteiger partial charge in [0.25, 0.3) is 0 Å². The van der Waals surface area contributed by atoms with Gasteiger partial charge in [0.1, 0.15) is 6.10 Å². The second-order valence-electron chi connectivity index (χ2n) is 10.4. The summed E-state index contributed by atoms with van der Waals surface area (Å²) >= 11 is 0. The second-order valence-corrected chi connectivity index (χ2v) is 10.4. The van der Waals surface area contributed by atoms with Crippen LogP contribution in [0.25, 0.3) is 0 Å². The van der Waals surface area contributed by atoms with Gasteiger partial charge in [-0.3, -0.25) is 9.69 Å². The Bertz CT molecular complexity index is 875. The third kappa shape index (κ3) is 3.50. The molecule has 0 aromatic heterocycles. The molecule has 5 nitrogen and oxygen atoms in total. The minimum absolute atomic E-state index is 0.0926. The Morgan fingerprint density at radius 3 is 2.74 bits per heavy atom. The van der Waals surface area contributed by atoms with Crippen LogP contribution in [0.5, 0.6) is 0 Å². The monoisotopic (exact) mass is 424 g/mol. The number of aliphatic hydroxyl groups is 1. The quantitative estimate of drug-likeness (QED) is 0.595. The number of hydrogen-bond acceptors (Lipinski definition) is 5. The molecule has 0 amide bonds. The Morgan fingerprint density at radius 2 is 2.00 bits per heavy atom. The van der Waals surface area contributed by atoms with E-state index in [1.807, 2.05) is 0 Å². The zero-order chi connectivity index (χ0) is 21.8. The van der Waals surface area contributed by atoms with E-state index in [2.05, 4.69) is 60.9 Å². The summed E-state index contributed by atoms with van der Waals surface area (Å²) in [6.07, 6.45) is 4.59. The first kappa shape index (κ1) is 21.0. The lowest BCUT2D eigenvalue weighted by Gasteiger charge is -2.52. The maximum Gasteiger partial charge on any atom is 0.311 e. The van der Waals surface area contributed by atoms with Crippen molar-refractivity contribution >= 4 is 11.7 Å². The summed E-state index contributed by atoms with van der Waals surface area (Å²) in [5.74, 6) is 0.00589. The minimum atomic E-state index is -0.516. The topological polar surface area (TPSA) is 53.0 Å². The zero-order valence-corrected chi connectivity index (χ0v) is 19.1. The van der Waals surface area contributed by atoms with Crippen molar-refractivity contribution in [1.82, 2.24) is 4.90 Å². The van der Waals surface area contributed by atoms with Crippen molar-refractivity contribution in [2.45, 2.75) is 52.2 Å². The normalized spacial score (nSPS) is 38.3. The van der Waals surface area contributed by atoms with Crippen LogP contribution in [0.15, 0.2) is 35.9 Å². The molecule has 4 aliphatic rings. The zero-order valence-electron chi connectivity index (χ0n) is 19.1. The highest BCUT2D eigenvalue weighted by atomic mass is 16.6. The maximum atomic E-state index is 12.9. The highest BCUT2D eigenvalue weighted by Crippen LogP contribution is 2.56. The standard InChI is InChI=1S/C26H36N2O3/c1-17-6-4-9-20(14-17)28-12-10-27(11-13-28)16-21-23-22(31-25(21)30)15-19-8-5-7-18(2)26(19,3)24(23)29/h4,6,8-9,14,18,21-24,29H,5,7,10-13,15-16H2,1-3H3/t18-,21+,22+,23-,24-,26+/m0/s1. The molecule has 1 saturated carbocycles. The molecule has 0 radical (unpaired) electrons. The van der Waals surface area contributed by atoms with Crippen LogP contribution < -0.4 is 4.90 Å². The van der Waals surface area contributed by atoms with Gasteiger partial charge < -0.3 is 14.7 Å². The third-order valence-corrected chi connectivity index (χ3v) is 8.76. The van der Waals surface area contributed by atoms with E-state index in [9.17, 15) is 9.90 Å². The van der Waals surface area contributed by atoms with Gasteiger partial charge in [0.05, 0.1) is 12.0 Å². The fraction of sp³-hybridized carbons (Fsp3) is 0.654. The van der Waals surface area contributed by atoms with Crippen molar-refractivity contribution in [3.05, 3.63) is 41.5 Å². The molecular formula is C26H36N2O3. The molecule has 1 aromatic carbocycles. The lowest BCUT2D eigenvalue weighted by Crippen LogP contribution is -2.55. The van der Waals surface area contributed by atoms with Gasteiger partial charge >= 0.3 is 5.97 Å². The van der Waals surface area contributed by atoms with E-state index in [4.69, 9.17) is 4.74 Å². The molecule has 2 saturated heterocycles. The Kier molecular flexibility index (Phi) is 5.38. The van der Waals surface area contributed by atoms with Crippen LogP contribution in [0.2, 0.25) is 0 Å². The van der Waals surface area contributed by atoms with E-state index in [-0.39, 0.29) is 29.3 Å². The molecule has 5 rings (SSSR count).